The molecule has 0 radical (unpaired) electrons. The zero-order valence-corrected chi connectivity index (χ0v) is 31.7. The van der Waals surface area contributed by atoms with Crippen molar-refractivity contribution in [3.8, 4) is 23.0 Å². The van der Waals surface area contributed by atoms with Crippen molar-refractivity contribution in [2.45, 2.75) is 117 Å². The lowest BCUT2D eigenvalue weighted by Gasteiger charge is -2.33. The number of allylic oxidation sites excluding steroid dienone is 4. The quantitative estimate of drug-likeness (QED) is 0.0714. The molecule has 0 aliphatic heterocycles. The fourth-order valence-electron chi connectivity index (χ4n) is 7.14. The number of hydrogen-bond donors (Lipinski definition) is 2. The summed E-state index contributed by atoms with van der Waals surface area (Å²) in [5.74, 6) is 2.25. The second kappa shape index (κ2) is 21.2. The van der Waals surface area contributed by atoms with Crippen molar-refractivity contribution in [2.24, 2.45) is 0 Å². The SMILES string of the molecule is CCCCCCCCCCOc1ccc(C2=C(c3ccc(O)cc3)C(c3ccc(OCCCCCCCCCC)cc3)=C2c2ccc(O)cc2)cc1. The summed E-state index contributed by atoms with van der Waals surface area (Å²) in [6, 6.07) is 31.9. The third kappa shape index (κ3) is 11.3. The van der Waals surface area contributed by atoms with E-state index >= 15 is 0 Å². The van der Waals surface area contributed by atoms with Gasteiger partial charge in [-0.15, -0.1) is 0 Å². The Morgan fingerprint density at radius 2 is 0.577 bits per heavy atom. The van der Waals surface area contributed by atoms with Gasteiger partial charge in [-0.3, -0.25) is 0 Å². The van der Waals surface area contributed by atoms with Crippen molar-refractivity contribution in [1.29, 1.82) is 0 Å². The maximum atomic E-state index is 10.2. The summed E-state index contributed by atoms with van der Waals surface area (Å²) in [7, 11) is 0. The zero-order valence-electron chi connectivity index (χ0n) is 31.7. The van der Waals surface area contributed by atoms with E-state index in [-0.39, 0.29) is 11.5 Å². The summed E-state index contributed by atoms with van der Waals surface area (Å²) < 4.78 is 12.3. The zero-order chi connectivity index (χ0) is 36.4. The third-order valence-corrected chi connectivity index (χ3v) is 10.1. The third-order valence-electron chi connectivity index (χ3n) is 10.1. The molecule has 276 valence electrons. The molecule has 1 aliphatic rings. The number of benzene rings is 4. The van der Waals surface area contributed by atoms with Crippen molar-refractivity contribution < 1.29 is 19.7 Å². The average molecular weight is 701 g/mol. The minimum Gasteiger partial charge on any atom is -0.508 e. The Hall–Kier alpha value is -4.44. The predicted octanol–water partition coefficient (Wildman–Crippen LogP) is 13.7. The van der Waals surface area contributed by atoms with Crippen molar-refractivity contribution >= 4 is 22.3 Å². The van der Waals surface area contributed by atoms with Gasteiger partial charge in [-0.2, -0.15) is 0 Å². The van der Waals surface area contributed by atoms with Crippen molar-refractivity contribution in [1.82, 2.24) is 0 Å². The topological polar surface area (TPSA) is 58.9 Å². The molecule has 4 nitrogen and oxygen atoms in total. The van der Waals surface area contributed by atoms with Gasteiger partial charge in [-0.05, 0) is 106 Å². The number of unbranched alkanes of at least 4 members (excludes halogenated alkanes) is 14. The van der Waals surface area contributed by atoms with E-state index in [0.717, 1.165) is 82.1 Å². The molecule has 0 aromatic heterocycles. The fourth-order valence-corrected chi connectivity index (χ4v) is 7.14. The monoisotopic (exact) mass is 700 g/mol. The van der Waals surface area contributed by atoms with E-state index in [9.17, 15) is 10.2 Å². The van der Waals surface area contributed by atoms with E-state index in [1.807, 2.05) is 24.3 Å². The highest BCUT2D eigenvalue weighted by molar-refractivity contribution is 6.43. The maximum absolute atomic E-state index is 10.2. The summed E-state index contributed by atoms with van der Waals surface area (Å²) in [6.45, 7) is 5.99. The van der Waals surface area contributed by atoms with Gasteiger partial charge in [0.25, 0.3) is 0 Å². The van der Waals surface area contributed by atoms with Gasteiger partial charge in [0.2, 0.25) is 0 Å². The lowest BCUT2D eigenvalue weighted by Crippen LogP contribution is -2.10. The van der Waals surface area contributed by atoms with Gasteiger partial charge in [0.1, 0.15) is 23.0 Å². The van der Waals surface area contributed by atoms with Crippen LogP contribution in [0.4, 0.5) is 0 Å². The molecular formula is C48H60O4. The first-order chi connectivity index (χ1) is 25.6. The number of phenols is 2. The number of hydrogen-bond acceptors (Lipinski definition) is 4. The van der Waals surface area contributed by atoms with Gasteiger partial charge in [0, 0.05) is 0 Å². The Bertz CT molecular complexity index is 1540. The maximum Gasteiger partial charge on any atom is 0.119 e. The number of aromatic hydroxyl groups is 2. The second-order valence-corrected chi connectivity index (χ2v) is 14.3. The van der Waals surface area contributed by atoms with Crippen LogP contribution in [0, 0.1) is 0 Å². The van der Waals surface area contributed by atoms with Gasteiger partial charge in [-0.1, -0.05) is 152 Å². The van der Waals surface area contributed by atoms with Gasteiger partial charge in [0.15, 0.2) is 0 Å². The molecule has 52 heavy (non-hydrogen) atoms. The average Bonchev–Trinajstić information content (AvgIpc) is 3.16. The van der Waals surface area contributed by atoms with Crippen molar-refractivity contribution in [3.05, 3.63) is 119 Å². The Morgan fingerprint density at radius 3 is 0.865 bits per heavy atom. The molecule has 0 atom stereocenters. The molecule has 4 heteroatoms. The number of rotatable bonds is 24. The number of ether oxygens (including phenoxy) is 2. The van der Waals surface area contributed by atoms with E-state index in [0.29, 0.717) is 0 Å². The molecule has 4 aromatic carbocycles. The van der Waals surface area contributed by atoms with Gasteiger partial charge >= 0.3 is 0 Å². The Labute approximate surface area is 313 Å². The van der Waals surface area contributed by atoms with Crippen LogP contribution in [0.25, 0.3) is 22.3 Å². The normalized spacial score (nSPS) is 12.7. The van der Waals surface area contributed by atoms with Gasteiger partial charge in [0.05, 0.1) is 13.2 Å². The fraction of sp³-hybridized carbons (Fsp3) is 0.417. The van der Waals surface area contributed by atoms with Crippen LogP contribution in [-0.2, 0) is 0 Å². The highest BCUT2D eigenvalue weighted by atomic mass is 16.5. The predicted molar refractivity (Wildman–Crippen MR) is 219 cm³/mol. The smallest absolute Gasteiger partial charge is 0.119 e. The molecule has 1 aliphatic carbocycles. The molecular weight excluding hydrogens is 641 g/mol. The molecule has 5 rings (SSSR count). The Balaban J connectivity index is 1.31. The molecule has 0 spiro atoms. The standard InChI is InChI=1S/C48H60O4/c1-3-5-7-9-11-13-15-17-35-51-43-31-23-39(24-32-43)47-45(37-19-27-41(49)28-20-37)48(46(47)38-21-29-42(50)30-22-38)40-25-33-44(34-26-40)52-36-18-16-14-12-10-8-6-4-2/h19-34,49-50H,3-18,35-36H2,1-2H3. The van der Waals surface area contributed by atoms with Crippen LogP contribution >= 0.6 is 0 Å². The lowest BCUT2D eigenvalue weighted by atomic mass is 9.69. The van der Waals surface area contributed by atoms with E-state index < -0.39 is 0 Å². The van der Waals surface area contributed by atoms with E-state index in [2.05, 4.69) is 62.4 Å². The van der Waals surface area contributed by atoms with Crippen molar-refractivity contribution in [2.75, 3.05) is 13.2 Å². The van der Waals surface area contributed by atoms with Crippen LogP contribution in [0.1, 0.15) is 139 Å². The summed E-state index contributed by atoms with van der Waals surface area (Å²) in [4.78, 5) is 0. The molecule has 0 unspecified atom stereocenters. The highest BCUT2D eigenvalue weighted by Crippen LogP contribution is 2.56. The van der Waals surface area contributed by atoms with Gasteiger partial charge in [-0.25, -0.2) is 0 Å². The lowest BCUT2D eigenvalue weighted by molar-refractivity contribution is 0.304. The largest absolute Gasteiger partial charge is 0.508 e. The first-order valence-electron chi connectivity index (χ1n) is 20.1. The summed E-state index contributed by atoms with van der Waals surface area (Å²) >= 11 is 0. The van der Waals surface area contributed by atoms with E-state index in [1.165, 1.54) is 89.9 Å². The van der Waals surface area contributed by atoms with Crippen LogP contribution in [0.5, 0.6) is 23.0 Å². The molecule has 4 aromatic rings. The minimum absolute atomic E-state index is 0.241. The summed E-state index contributed by atoms with van der Waals surface area (Å²) in [5.41, 5.74) is 8.80. The molecule has 2 N–H and O–H groups in total. The molecule has 0 bridgehead atoms. The minimum atomic E-state index is 0.241. The second-order valence-electron chi connectivity index (χ2n) is 14.3. The number of phenolic OH excluding ortho intramolecular Hbond substituents is 2. The Morgan fingerprint density at radius 1 is 0.327 bits per heavy atom. The molecule has 0 saturated carbocycles. The van der Waals surface area contributed by atoms with E-state index in [4.69, 9.17) is 9.47 Å². The van der Waals surface area contributed by atoms with Crippen LogP contribution in [-0.4, -0.2) is 23.4 Å². The summed E-state index contributed by atoms with van der Waals surface area (Å²) in [6.07, 6.45) is 20.5. The van der Waals surface area contributed by atoms with Crippen LogP contribution in [0.3, 0.4) is 0 Å². The van der Waals surface area contributed by atoms with Crippen LogP contribution < -0.4 is 9.47 Å². The van der Waals surface area contributed by atoms with Crippen LogP contribution in [0.15, 0.2) is 97.1 Å². The Kier molecular flexibility index (Phi) is 15.8. The van der Waals surface area contributed by atoms with Crippen molar-refractivity contribution in [3.63, 3.8) is 0 Å². The summed E-state index contributed by atoms with van der Waals surface area (Å²) in [5, 5.41) is 20.3. The van der Waals surface area contributed by atoms with E-state index in [1.54, 1.807) is 24.3 Å². The molecule has 0 fully saturated rings. The van der Waals surface area contributed by atoms with Crippen LogP contribution in [0.2, 0.25) is 0 Å². The highest BCUT2D eigenvalue weighted by Gasteiger charge is 2.33. The molecule has 0 heterocycles. The first-order valence-corrected chi connectivity index (χ1v) is 20.1. The first kappa shape index (κ1) is 38.8. The van der Waals surface area contributed by atoms with Gasteiger partial charge < -0.3 is 19.7 Å². The molecule has 0 saturated heterocycles. The molecule has 0 amide bonds.